The Labute approximate surface area is 153 Å². The second-order valence-electron chi connectivity index (χ2n) is 7.17. The van der Waals surface area contributed by atoms with E-state index < -0.39 is 0 Å². The van der Waals surface area contributed by atoms with Crippen LogP contribution >= 0.6 is 11.6 Å². The number of rotatable bonds is 4. The first-order valence-corrected chi connectivity index (χ1v) is 8.69. The molecule has 0 spiro atoms. The number of allylic oxidation sites excluding steroid dienone is 4. The number of carbonyl (C=O) groups is 1. The van der Waals surface area contributed by atoms with Crippen molar-refractivity contribution in [1.82, 2.24) is 5.32 Å². The molecule has 1 saturated carbocycles. The predicted molar refractivity (Wildman–Crippen MR) is 97.5 cm³/mol. The van der Waals surface area contributed by atoms with Crippen molar-refractivity contribution in [3.8, 4) is 11.8 Å². The van der Waals surface area contributed by atoms with Crippen molar-refractivity contribution in [3.05, 3.63) is 52.6 Å². The molecule has 1 amide bonds. The van der Waals surface area contributed by atoms with E-state index in [1.165, 1.54) is 7.11 Å². The maximum atomic E-state index is 12.7. The quantitative estimate of drug-likeness (QED) is 0.882. The zero-order chi connectivity index (χ0) is 18.2. The summed E-state index contributed by atoms with van der Waals surface area (Å²) in [5.41, 5.74) is 1.16. The van der Waals surface area contributed by atoms with Gasteiger partial charge in [-0.3, -0.25) is 4.79 Å². The number of ether oxygens (including phenoxy) is 1. The van der Waals surface area contributed by atoms with Crippen molar-refractivity contribution in [2.24, 2.45) is 17.3 Å². The van der Waals surface area contributed by atoms with Gasteiger partial charge in [-0.05, 0) is 47.9 Å². The molecule has 5 heteroatoms. The maximum absolute atomic E-state index is 12.7. The lowest BCUT2D eigenvalue weighted by Gasteiger charge is -2.15. The van der Waals surface area contributed by atoms with Crippen LogP contribution in [0.25, 0.3) is 0 Å². The Morgan fingerprint density at radius 1 is 1.44 bits per heavy atom. The van der Waals surface area contributed by atoms with Gasteiger partial charge in [0.2, 0.25) is 0 Å². The van der Waals surface area contributed by atoms with Crippen molar-refractivity contribution in [2.75, 3.05) is 7.11 Å². The summed E-state index contributed by atoms with van der Waals surface area (Å²) in [6.07, 6.45) is 6.77. The molecular formula is C20H21ClN2O2. The summed E-state index contributed by atoms with van der Waals surface area (Å²) in [7, 11) is 1.54. The van der Waals surface area contributed by atoms with E-state index in [2.05, 4.69) is 31.3 Å². The summed E-state index contributed by atoms with van der Waals surface area (Å²) in [5, 5.41) is 12.6. The zero-order valence-electron chi connectivity index (χ0n) is 14.5. The molecule has 1 N–H and O–H groups in total. The summed E-state index contributed by atoms with van der Waals surface area (Å²) in [6.45, 7) is 4.32. The number of nitrogens with one attached hydrogen (secondary N) is 1. The molecule has 2 aliphatic carbocycles. The van der Waals surface area contributed by atoms with Gasteiger partial charge in [-0.2, -0.15) is 5.26 Å². The molecule has 0 heterocycles. The van der Waals surface area contributed by atoms with E-state index in [0.717, 1.165) is 6.42 Å². The van der Waals surface area contributed by atoms with Crippen LogP contribution in [0.1, 0.15) is 30.6 Å². The van der Waals surface area contributed by atoms with E-state index in [1.54, 1.807) is 18.2 Å². The minimum atomic E-state index is -0.173. The molecule has 0 bridgehead atoms. The van der Waals surface area contributed by atoms with Gasteiger partial charge in [-0.15, -0.1) is 0 Å². The van der Waals surface area contributed by atoms with Crippen LogP contribution in [0.3, 0.4) is 0 Å². The molecule has 1 aromatic rings. The lowest BCUT2D eigenvalue weighted by atomic mass is 9.89. The fraction of sp³-hybridized carbons (Fsp3) is 0.400. The van der Waals surface area contributed by atoms with Crippen LogP contribution < -0.4 is 10.1 Å². The zero-order valence-corrected chi connectivity index (χ0v) is 15.3. The average Bonchev–Trinajstić information content (AvgIpc) is 3.15. The minimum Gasteiger partial charge on any atom is -0.496 e. The van der Waals surface area contributed by atoms with E-state index in [0.29, 0.717) is 33.7 Å². The van der Waals surface area contributed by atoms with E-state index in [9.17, 15) is 4.79 Å². The standard InChI is InChI=1S/C20H21ClN2O2/c1-20(2)17(13-6-4-12(11-22)5-7-13)18(20)23-19(24)15-10-14(21)8-9-16(15)25-3/h4-6,8-10,13,17-18H,7H2,1-3H3,(H,23,24)/t13?,17-,18-/m0/s1. The number of carbonyl (C=O) groups excluding carboxylic acids is 1. The van der Waals surface area contributed by atoms with Crippen molar-refractivity contribution in [2.45, 2.75) is 26.3 Å². The fourth-order valence-corrected chi connectivity index (χ4v) is 3.99. The predicted octanol–water partition coefficient (Wildman–Crippen LogP) is 4.13. The van der Waals surface area contributed by atoms with Crippen molar-refractivity contribution >= 4 is 17.5 Å². The molecule has 1 fully saturated rings. The highest BCUT2D eigenvalue weighted by atomic mass is 35.5. The number of halogens is 1. The number of nitriles is 1. The van der Waals surface area contributed by atoms with Gasteiger partial charge in [-0.1, -0.05) is 37.6 Å². The Kier molecular flexibility index (Phi) is 4.62. The van der Waals surface area contributed by atoms with E-state index >= 15 is 0 Å². The van der Waals surface area contributed by atoms with Crippen molar-refractivity contribution < 1.29 is 9.53 Å². The van der Waals surface area contributed by atoms with Gasteiger partial charge in [0.05, 0.1) is 18.7 Å². The fourth-order valence-electron chi connectivity index (χ4n) is 3.82. The number of methoxy groups -OCH3 is 1. The Balaban J connectivity index is 1.73. The molecule has 25 heavy (non-hydrogen) atoms. The average molecular weight is 357 g/mol. The number of hydrogen-bond acceptors (Lipinski definition) is 3. The second-order valence-corrected chi connectivity index (χ2v) is 7.61. The third-order valence-electron chi connectivity index (χ3n) is 5.33. The van der Waals surface area contributed by atoms with Crippen molar-refractivity contribution in [3.63, 3.8) is 0 Å². The molecule has 0 saturated heterocycles. The lowest BCUT2D eigenvalue weighted by Crippen LogP contribution is -2.29. The third-order valence-corrected chi connectivity index (χ3v) is 5.56. The number of hydrogen-bond donors (Lipinski definition) is 1. The van der Waals surface area contributed by atoms with Crippen LogP contribution in [0.2, 0.25) is 5.02 Å². The number of benzene rings is 1. The van der Waals surface area contributed by atoms with Gasteiger partial charge in [0.25, 0.3) is 5.91 Å². The highest BCUT2D eigenvalue weighted by Crippen LogP contribution is 2.57. The first-order valence-electron chi connectivity index (χ1n) is 8.31. The largest absolute Gasteiger partial charge is 0.496 e. The highest BCUT2D eigenvalue weighted by molar-refractivity contribution is 6.31. The summed E-state index contributed by atoms with van der Waals surface area (Å²) >= 11 is 6.03. The van der Waals surface area contributed by atoms with Crippen LogP contribution in [0.15, 0.2) is 42.0 Å². The van der Waals surface area contributed by atoms with Gasteiger partial charge < -0.3 is 10.1 Å². The Morgan fingerprint density at radius 2 is 2.20 bits per heavy atom. The SMILES string of the molecule is COc1ccc(Cl)cc1C(=O)N[C@H]1[C@H](C2C=CC(C#N)=CC2)C1(C)C. The lowest BCUT2D eigenvalue weighted by molar-refractivity contribution is 0.0941. The normalized spacial score (nSPS) is 26.4. The number of nitrogens with zero attached hydrogens (tertiary/aromatic N) is 1. The van der Waals surface area contributed by atoms with Crippen LogP contribution in [0, 0.1) is 28.6 Å². The number of amides is 1. The smallest absolute Gasteiger partial charge is 0.255 e. The highest BCUT2D eigenvalue weighted by Gasteiger charge is 2.60. The molecule has 0 aliphatic heterocycles. The van der Waals surface area contributed by atoms with Gasteiger partial charge in [-0.25, -0.2) is 0 Å². The molecule has 0 aromatic heterocycles. The van der Waals surface area contributed by atoms with Gasteiger partial charge in [0.15, 0.2) is 0 Å². The third kappa shape index (κ3) is 3.29. The van der Waals surface area contributed by atoms with Gasteiger partial charge in [0.1, 0.15) is 5.75 Å². The summed E-state index contributed by atoms with van der Waals surface area (Å²) in [6, 6.07) is 7.27. The molecular weight excluding hydrogens is 336 g/mol. The summed E-state index contributed by atoms with van der Waals surface area (Å²) < 4.78 is 5.27. The Hall–Kier alpha value is -2.25. The Bertz CT molecular complexity index is 804. The van der Waals surface area contributed by atoms with Crippen LogP contribution in [-0.4, -0.2) is 19.1 Å². The Morgan fingerprint density at radius 3 is 2.80 bits per heavy atom. The first-order chi connectivity index (χ1) is 11.9. The minimum absolute atomic E-state index is 0.00840. The second kappa shape index (κ2) is 6.57. The van der Waals surface area contributed by atoms with Crippen LogP contribution in [0.5, 0.6) is 5.75 Å². The molecule has 4 nitrogen and oxygen atoms in total. The van der Waals surface area contributed by atoms with Gasteiger partial charge in [0, 0.05) is 16.6 Å². The molecule has 1 unspecified atom stereocenters. The topological polar surface area (TPSA) is 62.1 Å². The van der Waals surface area contributed by atoms with Crippen LogP contribution in [0.4, 0.5) is 0 Å². The van der Waals surface area contributed by atoms with E-state index in [1.807, 2.05) is 12.2 Å². The van der Waals surface area contributed by atoms with E-state index in [4.69, 9.17) is 21.6 Å². The summed E-state index contributed by atoms with van der Waals surface area (Å²) in [4.78, 5) is 12.7. The molecule has 1 aromatic carbocycles. The van der Waals surface area contributed by atoms with Crippen molar-refractivity contribution in [1.29, 1.82) is 5.26 Å². The molecule has 130 valence electrons. The molecule has 3 atom stereocenters. The maximum Gasteiger partial charge on any atom is 0.255 e. The van der Waals surface area contributed by atoms with E-state index in [-0.39, 0.29) is 17.4 Å². The first kappa shape index (κ1) is 17.6. The summed E-state index contributed by atoms with van der Waals surface area (Å²) in [5.74, 6) is 1.01. The molecule has 2 aliphatic rings. The van der Waals surface area contributed by atoms with Gasteiger partial charge >= 0.3 is 0 Å². The van der Waals surface area contributed by atoms with Crippen LogP contribution in [-0.2, 0) is 0 Å². The monoisotopic (exact) mass is 356 g/mol. The molecule has 3 rings (SSSR count). The molecule has 0 radical (unpaired) electrons.